The van der Waals surface area contributed by atoms with Crippen molar-refractivity contribution in [1.29, 1.82) is 0 Å². The van der Waals surface area contributed by atoms with Crippen molar-refractivity contribution in [2.24, 2.45) is 0 Å². The molecule has 1 aliphatic rings. The Morgan fingerprint density at radius 3 is 2.35 bits per heavy atom. The van der Waals surface area contributed by atoms with Crippen LogP contribution in [0.1, 0.15) is 56.3 Å². The van der Waals surface area contributed by atoms with Gasteiger partial charge in [0, 0.05) is 29.3 Å². The Hall–Kier alpha value is -3.34. The van der Waals surface area contributed by atoms with E-state index in [4.69, 9.17) is 0 Å². The summed E-state index contributed by atoms with van der Waals surface area (Å²) in [4.78, 5) is 32.0. The van der Waals surface area contributed by atoms with Crippen molar-refractivity contribution in [2.75, 3.05) is 16.8 Å². The fourth-order valence-electron chi connectivity index (χ4n) is 4.09. The lowest BCUT2D eigenvalue weighted by Gasteiger charge is -2.32. The third-order valence-electron chi connectivity index (χ3n) is 5.52. The lowest BCUT2D eigenvalue weighted by atomic mass is 10.0. The van der Waals surface area contributed by atoms with Gasteiger partial charge < -0.3 is 10.2 Å². The number of halogens is 3. The molecule has 0 fully saturated rings. The molecule has 4 rings (SSSR count). The second-order valence-corrected chi connectivity index (χ2v) is 8.21. The summed E-state index contributed by atoms with van der Waals surface area (Å²) in [5.41, 5.74) is 1.77. The molecule has 1 N–H and O–H groups in total. The highest BCUT2D eigenvalue weighted by molar-refractivity contribution is 7.59. The average molecular weight is 492 g/mol. The maximum Gasteiger partial charge on any atom is 0.416 e. The number of pyridine rings is 1. The molecule has 0 spiro atoms. The molecule has 0 radical (unpaired) electrons. The fourth-order valence-corrected chi connectivity index (χ4v) is 4.09. The Bertz CT molecular complexity index is 1250. The zero-order valence-electron chi connectivity index (χ0n) is 19.0. The second-order valence-electron chi connectivity index (χ2n) is 8.21. The SMILES string of the molecule is Cc1cc(NC(=O)c2cnn3c2C(=O)N(c2ccc(C(F)(F)F)c(C)c2)C[C@@H]3C)cc(C)n1.S. The molecule has 1 aliphatic heterocycles. The van der Waals surface area contributed by atoms with Gasteiger partial charge in [-0.15, -0.1) is 0 Å². The first-order valence-electron chi connectivity index (χ1n) is 10.3. The molecule has 0 saturated heterocycles. The number of nitrogens with zero attached hydrogens (tertiary/aromatic N) is 4. The fraction of sp³-hybridized carbons (Fsp3) is 0.304. The van der Waals surface area contributed by atoms with Gasteiger partial charge in [0.1, 0.15) is 5.69 Å². The van der Waals surface area contributed by atoms with Crippen LogP contribution in [0.15, 0.2) is 36.5 Å². The standard InChI is InChI=1S/C23H22F3N5O2.H2S/c1-12-7-17(5-6-19(12)23(24,25)26)30-11-15(4)31-20(22(30)33)18(10-27-31)21(32)29-16-8-13(2)28-14(3)9-16;/h5-10,15H,11H2,1-4H3,(H,28,29,32);1H2/t15-;/m0./s1. The minimum Gasteiger partial charge on any atom is -0.322 e. The first kappa shape index (κ1) is 25.3. The van der Waals surface area contributed by atoms with E-state index in [1.807, 2.05) is 6.92 Å². The highest BCUT2D eigenvalue weighted by Gasteiger charge is 2.37. The molecule has 11 heteroatoms. The first-order chi connectivity index (χ1) is 15.5. The molecule has 1 atom stereocenters. The molecular formula is C23H24F3N5O2S. The van der Waals surface area contributed by atoms with Gasteiger partial charge in [-0.2, -0.15) is 31.8 Å². The van der Waals surface area contributed by atoms with E-state index in [-0.39, 0.29) is 42.9 Å². The molecule has 0 aliphatic carbocycles. The van der Waals surface area contributed by atoms with Crippen LogP contribution in [-0.2, 0) is 6.18 Å². The van der Waals surface area contributed by atoms with Crippen LogP contribution < -0.4 is 10.2 Å². The summed E-state index contributed by atoms with van der Waals surface area (Å²) in [6.45, 7) is 7.00. The highest BCUT2D eigenvalue weighted by Crippen LogP contribution is 2.35. The van der Waals surface area contributed by atoms with Gasteiger partial charge in [-0.25, -0.2) is 0 Å². The lowest BCUT2D eigenvalue weighted by Crippen LogP contribution is -2.43. The van der Waals surface area contributed by atoms with Crippen LogP contribution in [0.2, 0.25) is 0 Å². The van der Waals surface area contributed by atoms with Gasteiger partial charge >= 0.3 is 6.18 Å². The molecule has 3 heterocycles. The Kier molecular flexibility index (Phi) is 6.79. The van der Waals surface area contributed by atoms with Crippen molar-refractivity contribution in [2.45, 2.75) is 39.9 Å². The number of carbonyl (C=O) groups excluding carboxylic acids is 2. The third-order valence-corrected chi connectivity index (χ3v) is 5.52. The van der Waals surface area contributed by atoms with Gasteiger partial charge in [-0.05, 0) is 63.6 Å². The van der Waals surface area contributed by atoms with Crippen molar-refractivity contribution in [3.05, 3.63) is 70.3 Å². The first-order valence-corrected chi connectivity index (χ1v) is 10.3. The van der Waals surface area contributed by atoms with E-state index in [0.717, 1.165) is 17.5 Å². The molecule has 180 valence electrons. The number of alkyl halides is 3. The van der Waals surface area contributed by atoms with Gasteiger partial charge in [0.15, 0.2) is 0 Å². The van der Waals surface area contributed by atoms with Crippen molar-refractivity contribution < 1.29 is 22.8 Å². The van der Waals surface area contributed by atoms with E-state index in [0.29, 0.717) is 11.4 Å². The van der Waals surface area contributed by atoms with E-state index in [1.165, 1.54) is 34.8 Å². The predicted molar refractivity (Wildman–Crippen MR) is 127 cm³/mol. The summed E-state index contributed by atoms with van der Waals surface area (Å²) in [6, 6.07) is 6.71. The maximum absolute atomic E-state index is 13.4. The van der Waals surface area contributed by atoms with Gasteiger partial charge in [0.05, 0.1) is 23.4 Å². The quantitative estimate of drug-likeness (QED) is 0.570. The largest absolute Gasteiger partial charge is 0.416 e. The zero-order valence-corrected chi connectivity index (χ0v) is 20.0. The molecule has 0 unspecified atom stereocenters. The number of anilines is 2. The number of fused-ring (bicyclic) bond motifs is 1. The normalized spacial score (nSPS) is 15.6. The number of carbonyl (C=O) groups is 2. The number of aryl methyl sites for hydroxylation is 3. The minimum atomic E-state index is -4.48. The van der Waals surface area contributed by atoms with E-state index >= 15 is 0 Å². The topological polar surface area (TPSA) is 80.1 Å². The van der Waals surface area contributed by atoms with Crippen LogP contribution >= 0.6 is 13.5 Å². The smallest absolute Gasteiger partial charge is 0.322 e. The van der Waals surface area contributed by atoms with E-state index < -0.39 is 23.6 Å². The number of rotatable bonds is 3. The molecule has 2 aromatic heterocycles. The number of hydrogen-bond donors (Lipinski definition) is 1. The average Bonchev–Trinajstić information content (AvgIpc) is 3.15. The number of benzene rings is 1. The van der Waals surface area contributed by atoms with E-state index in [9.17, 15) is 22.8 Å². The molecule has 7 nitrogen and oxygen atoms in total. The van der Waals surface area contributed by atoms with Crippen LogP contribution in [0.5, 0.6) is 0 Å². The molecule has 0 saturated carbocycles. The van der Waals surface area contributed by atoms with Crippen molar-refractivity contribution in [3.63, 3.8) is 0 Å². The number of nitrogens with one attached hydrogen (secondary N) is 1. The minimum absolute atomic E-state index is 0. The summed E-state index contributed by atoms with van der Waals surface area (Å²) in [6.07, 6.45) is -3.14. The van der Waals surface area contributed by atoms with Crippen LogP contribution in [0.3, 0.4) is 0 Å². The summed E-state index contributed by atoms with van der Waals surface area (Å²) in [5, 5.41) is 7.00. The van der Waals surface area contributed by atoms with Gasteiger partial charge in [0.25, 0.3) is 11.8 Å². The van der Waals surface area contributed by atoms with Crippen molar-refractivity contribution in [1.82, 2.24) is 14.8 Å². The molecule has 1 aromatic carbocycles. The van der Waals surface area contributed by atoms with Crippen LogP contribution in [0.25, 0.3) is 0 Å². The Balaban J connectivity index is 0.00000324. The van der Waals surface area contributed by atoms with E-state index in [2.05, 4.69) is 15.4 Å². The molecule has 34 heavy (non-hydrogen) atoms. The molecular weight excluding hydrogens is 467 g/mol. The number of amides is 2. The second kappa shape index (κ2) is 9.13. The Morgan fingerprint density at radius 2 is 1.76 bits per heavy atom. The van der Waals surface area contributed by atoms with Crippen molar-refractivity contribution >= 4 is 36.7 Å². The van der Waals surface area contributed by atoms with Crippen LogP contribution in [-0.4, -0.2) is 33.1 Å². The summed E-state index contributed by atoms with van der Waals surface area (Å²) in [7, 11) is 0. The lowest BCUT2D eigenvalue weighted by molar-refractivity contribution is -0.138. The van der Waals surface area contributed by atoms with Crippen LogP contribution in [0, 0.1) is 20.8 Å². The van der Waals surface area contributed by atoms with Crippen molar-refractivity contribution in [3.8, 4) is 0 Å². The number of hydrogen-bond acceptors (Lipinski definition) is 4. The van der Waals surface area contributed by atoms with Gasteiger partial charge in [-0.3, -0.25) is 19.3 Å². The predicted octanol–water partition coefficient (Wildman–Crippen LogP) is 4.81. The third kappa shape index (κ3) is 4.65. The van der Waals surface area contributed by atoms with E-state index in [1.54, 1.807) is 26.0 Å². The van der Waals surface area contributed by atoms with Gasteiger partial charge in [-0.1, -0.05) is 0 Å². The summed E-state index contributed by atoms with van der Waals surface area (Å²) < 4.78 is 40.9. The summed E-state index contributed by atoms with van der Waals surface area (Å²) >= 11 is 0. The molecule has 0 bridgehead atoms. The Labute approximate surface area is 201 Å². The van der Waals surface area contributed by atoms with Gasteiger partial charge in [0.2, 0.25) is 0 Å². The highest BCUT2D eigenvalue weighted by atomic mass is 32.1. The molecule has 2 amide bonds. The zero-order chi connectivity index (χ0) is 24.1. The monoisotopic (exact) mass is 491 g/mol. The Morgan fingerprint density at radius 1 is 1.12 bits per heavy atom. The number of aromatic nitrogens is 3. The summed E-state index contributed by atoms with van der Waals surface area (Å²) in [5.74, 6) is -1.01. The maximum atomic E-state index is 13.4. The van der Waals surface area contributed by atoms with Crippen LogP contribution in [0.4, 0.5) is 24.5 Å². The molecule has 3 aromatic rings.